The zero-order valence-electron chi connectivity index (χ0n) is 32.8. The van der Waals surface area contributed by atoms with Crippen LogP contribution in [-0.4, -0.2) is 26.1 Å². The molecule has 0 amide bonds. The first-order valence-electron chi connectivity index (χ1n) is 20.7. The van der Waals surface area contributed by atoms with E-state index in [0.717, 1.165) is 39.5 Å². The number of hydrogen-bond acceptors (Lipinski definition) is 4. The van der Waals surface area contributed by atoms with E-state index in [-0.39, 0.29) is 6.04 Å². The molecule has 0 radical (unpaired) electrons. The summed E-state index contributed by atoms with van der Waals surface area (Å²) in [6.45, 7) is 0. The third kappa shape index (κ3) is 5.29. The molecule has 3 aromatic heterocycles. The quantitative estimate of drug-likeness (QED) is 0.193. The van der Waals surface area contributed by atoms with Crippen molar-refractivity contribution >= 4 is 93.5 Å². The molecule has 2 aliphatic rings. The molecule has 1 N–H and O–H groups in total. The second-order valence-electron chi connectivity index (χ2n) is 15.8. The van der Waals surface area contributed by atoms with Crippen LogP contribution in [0.4, 0.5) is 0 Å². The number of nitrogens with zero attached hydrogens (tertiary/aromatic N) is 4. The minimum absolute atomic E-state index is 0.0440. The van der Waals surface area contributed by atoms with Crippen molar-refractivity contribution in [1.82, 2.24) is 19.4 Å². The van der Waals surface area contributed by atoms with E-state index in [1.54, 1.807) is 11.8 Å². The molecule has 1 atom stereocenters. The van der Waals surface area contributed by atoms with E-state index < -0.39 is 0 Å². The lowest BCUT2D eigenvalue weighted by atomic mass is 9.95. The summed E-state index contributed by atoms with van der Waals surface area (Å²) in [7, 11) is 0. The van der Waals surface area contributed by atoms with E-state index in [4.69, 9.17) is 4.99 Å². The largest absolute Gasteiger partial charge is 0.344 e. The fourth-order valence-electron chi connectivity index (χ4n) is 9.69. The van der Waals surface area contributed by atoms with Crippen LogP contribution in [0.25, 0.3) is 92.6 Å². The van der Waals surface area contributed by atoms with Gasteiger partial charge in [-0.05, 0) is 105 Å². The number of rotatable bonds is 4. The molecular formula is C55H35N5S. The van der Waals surface area contributed by atoms with Gasteiger partial charge in [-0.15, -0.1) is 0 Å². The molecule has 1 unspecified atom stereocenters. The number of aliphatic imine (C=N–C) groups is 1. The van der Waals surface area contributed by atoms with Gasteiger partial charge in [0, 0.05) is 55.0 Å². The van der Waals surface area contributed by atoms with E-state index in [1.807, 2.05) is 12.4 Å². The average molecular weight is 798 g/mol. The lowest BCUT2D eigenvalue weighted by Crippen LogP contribution is -2.40. The highest BCUT2D eigenvalue weighted by atomic mass is 32.2. The van der Waals surface area contributed by atoms with Gasteiger partial charge in [0.1, 0.15) is 0 Å². The summed E-state index contributed by atoms with van der Waals surface area (Å²) in [5.41, 5.74) is 11.4. The molecule has 0 aliphatic carbocycles. The van der Waals surface area contributed by atoms with Crippen molar-refractivity contribution in [3.8, 4) is 16.8 Å². The Labute approximate surface area is 355 Å². The van der Waals surface area contributed by atoms with Crippen LogP contribution in [0.1, 0.15) is 11.1 Å². The number of hydrogen-bond donors (Lipinski definition) is 1. The molecule has 13 rings (SSSR count). The number of pyridine rings is 1. The van der Waals surface area contributed by atoms with E-state index in [1.165, 1.54) is 75.1 Å². The van der Waals surface area contributed by atoms with Gasteiger partial charge >= 0.3 is 0 Å². The monoisotopic (exact) mass is 797 g/mol. The van der Waals surface area contributed by atoms with Gasteiger partial charge < -0.3 is 9.88 Å². The molecular weight excluding hydrogens is 763 g/mol. The summed E-state index contributed by atoms with van der Waals surface area (Å²) in [5.74, 6) is 0.808. The molecule has 61 heavy (non-hydrogen) atoms. The third-order valence-corrected chi connectivity index (χ3v) is 13.7. The van der Waals surface area contributed by atoms with E-state index in [2.05, 4.69) is 208 Å². The number of fused-ring (bicyclic) bond motifs is 10. The number of benzene rings is 8. The van der Waals surface area contributed by atoms with E-state index >= 15 is 0 Å². The van der Waals surface area contributed by atoms with Gasteiger partial charge in [-0.2, -0.15) is 0 Å². The Kier molecular flexibility index (Phi) is 7.53. The van der Waals surface area contributed by atoms with Crippen molar-refractivity contribution in [2.45, 2.75) is 6.04 Å². The van der Waals surface area contributed by atoms with Crippen LogP contribution in [0.2, 0.25) is 0 Å². The van der Waals surface area contributed by atoms with E-state index in [0.29, 0.717) is 0 Å². The first-order chi connectivity index (χ1) is 30.2. The predicted octanol–water partition coefficient (Wildman–Crippen LogP) is 13.6. The molecule has 11 aromatic rings. The standard InChI is InChI=1S/C55H35N5S/c1-3-13-36(14-4-1)53-54-45(33-50(61-54)35-26-28-56-29-27-35)57-55(58-53)60-46-24-23-39(31-43(46)44-30-37-15-7-8-16-38(37)32-49(44)60)42-20-11-21-47-52(42)51-41-19-10-9-12-34(41)22-25-48(51)59(47)40-17-5-2-6-18-40/h1-33,45H,(H,57,58). The van der Waals surface area contributed by atoms with Crippen molar-refractivity contribution < 1.29 is 0 Å². The molecule has 6 heteroatoms. The van der Waals surface area contributed by atoms with Crippen molar-refractivity contribution in [1.29, 1.82) is 0 Å². The summed E-state index contributed by atoms with van der Waals surface area (Å²) in [6.07, 6.45) is 6.06. The van der Waals surface area contributed by atoms with Crippen LogP contribution >= 0.6 is 11.8 Å². The maximum atomic E-state index is 5.54. The molecule has 286 valence electrons. The van der Waals surface area contributed by atoms with Gasteiger partial charge in [-0.1, -0.05) is 133 Å². The second-order valence-corrected chi connectivity index (χ2v) is 16.9. The summed E-state index contributed by atoms with van der Waals surface area (Å²) in [6, 6.07) is 65.9. The topological polar surface area (TPSA) is 47.1 Å². The number of nitrogens with one attached hydrogen (secondary N) is 1. The second kappa shape index (κ2) is 13.4. The van der Waals surface area contributed by atoms with Crippen molar-refractivity contribution in [3.05, 3.63) is 216 Å². The molecule has 8 aromatic carbocycles. The SMILES string of the molecule is C1=C(c2ccncc2)SC2=C(c3ccccc3)N=C(n3c4ccc(-c5cccc6c5c5c7ccccc7ccc5n6-c5ccccc5)cc4c4cc5ccccc5cc43)NC12. The Hall–Kier alpha value is -7.67. The van der Waals surface area contributed by atoms with Gasteiger partial charge in [-0.25, -0.2) is 4.99 Å². The maximum absolute atomic E-state index is 5.54. The van der Waals surface area contributed by atoms with Crippen LogP contribution in [0, 0.1) is 0 Å². The summed E-state index contributed by atoms with van der Waals surface area (Å²) >= 11 is 1.79. The lowest BCUT2D eigenvalue weighted by Gasteiger charge is -2.25. The number of thioether (sulfide) groups is 1. The van der Waals surface area contributed by atoms with Crippen LogP contribution in [0.3, 0.4) is 0 Å². The first-order valence-corrected chi connectivity index (χ1v) is 21.5. The normalized spacial score (nSPS) is 15.2. The Morgan fingerprint density at radius 2 is 1.18 bits per heavy atom. The maximum Gasteiger partial charge on any atom is 0.209 e. The zero-order valence-corrected chi connectivity index (χ0v) is 33.6. The van der Waals surface area contributed by atoms with Crippen LogP contribution in [-0.2, 0) is 0 Å². The Morgan fingerprint density at radius 3 is 2.02 bits per heavy atom. The number of aromatic nitrogens is 3. The predicted molar refractivity (Wildman–Crippen MR) is 257 cm³/mol. The van der Waals surface area contributed by atoms with Crippen molar-refractivity contribution in [2.75, 3.05) is 0 Å². The molecule has 0 fully saturated rings. The highest BCUT2D eigenvalue weighted by Crippen LogP contribution is 2.48. The highest BCUT2D eigenvalue weighted by Gasteiger charge is 2.33. The molecule has 2 aliphatic heterocycles. The van der Waals surface area contributed by atoms with E-state index in [9.17, 15) is 0 Å². The zero-order chi connectivity index (χ0) is 40.0. The van der Waals surface area contributed by atoms with Gasteiger partial charge in [0.2, 0.25) is 5.96 Å². The highest BCUT2D eigenvalue weighted by molar-refractivity contribution is 8.12. The molecule has 0 saturated heterocycles. The van der Waals surface area contributed by atoms with Crippen LogP contribution < -0.4 is 5.32 Å². The number of para-hydroxylation sites is 1. The van der Waals surface area contributed by atoms with Gasteiger partial charge in [-0.3, -0.25) is 9.55 Å². The Bertz CT molecular complexity index is 3690. The van der Waals surface area contributed by atoms with Crippen LogP contribution in [0.5, 0.6) is 0 Å². The molecule has 5 nitrogen and oxygen atoms in total. The van der Waals surface area contributed by atoms with Crippen molar-refractivity contribution in [2.24, 2.45) is 4.99 Å². The fraction of sp³-hybridized carbons (Fsp3) is 0.0182. The third-order valence-electron chi connectivity index (χ3n) is 12.4. The van der Waals surface area contributed by atoms with Gasteiger partial charge in [0.15, 0.2) is 0 Å². The lowest BCUT2D eigenvalue weighted by molar-refractivity contribution is 0.835. The minimum atomic E-state index is -0.0440. The van der Waals surface area contributed by atoms with Crippen LogP contribution in [0.15, 0.2) is 210 Å². The average Bonchev–Trinajstić information content (AvgIpc) is 4.01. The smallest absolute Gasteiger partial charge is 0.209 e. The molecule has 5 heterocycles. The minimum Gasteiger partial charge on any atom is -0.344 e. The Morgan fingerprint density at radius 1 is 0.475 bits per heavy atom. The molecule has 0 spiro atoms. The summed E-state index contributed by atoms with van der Waals surface area (Å²) in [5, 5.41) is 13.7. The molecule has 0 bridgehead atoms. The Balaban J connectivity index is 1.06. The summed E-state index contributed by atoms with van der Waals surface area (Å²) < 4.78 is 4.77. The first kappa shape index (κ1) is 34.2. The summed E-state index contributed by atoms with van der Waals surface area (Å²) in [4.78, 5) is 12.2. The van der Waals surface area contributed by atoms with Gasteiger partial charge in [0.05, 0.1) is 33.8 Å². The fourth-order valence-corrected chi connectivity index (χ4v) is 10.9. The van der Waals surface area contributed by atoms with Crippen molar-refractivity contribution in [3.63, 3.8) is 0 Å². The van der Waals surface area contributed by atoms with Gasteiger partial charge in [0.25, 0.3) is 0 Å². The molecule has 0 saturated carbocycles.